The van der Waals surface area contributed by atoms with Gasteiger partial charge in [0.15, 0.2) is 0 Å². The number of alkyl halides is 2. The maximum absolute atomic E-state index is 12.3. The molecule has 10 heteroatoms. The van der Waals surface area contributed by atoms with Crippen LogP contribution in [0.3, 0.4) is 0 Å². The van der Waals surface area contributed by atoms with E-state index < -0.39 is 12.2 Å². The zero-order valence-corrected chi connectivity index (χ0v) is 17.2. The number of carbonyl (C=O) groups excluding carboxylic acids is 1. The summed E-state index contributed by atoms with van der Waals surface area (Å²) in [5.41, 5.74) is 7.00. The first-order valence-electron chi connectivity index (χ1n) is 9.37. The van der Waals surface area contributed by atoms with Crippen LogP contribution in [0.1, 0.15) is 18.9 Å². The molecule has 1 aromatic carbocycles. The normalized spacial score (nSPS) is 12.0. The second kappa shape index (κ2) is 9.65. The van der Waals surface area contributed by atoms with Crippen molar-refractivity contribution in [3.05, 3.63) is 63.5 Å². The van der Waals surface area contributed by atoms with Gasteiger partial charge in [0, 0.05) is 35.4 Å². The van der Waals surface area contributed by atoms with Crippen LogP contribution in [0.5, 0.6) is 5.88 Å². The van der Waals surface area contributed by atoms with E-state index in [1.54, 1.807) is 18.2 Å². The second-order valence-corrected chi connectivity index (χ2v) is 7.18. The van der Waals surface area contributed by atoms with Crippen molar-refractivity contribution in [1.82, 2.24) is 15.0 Å². The third-order valence-electron chi connectivity index (χ3n) is 4.65. The lowest BCUT2D eigenvalue weighted by Crippen LogP contribution is -2.24. The Morgan fingerprint density at radius 1 is 1.26 bits per heavy atom. The molecular weight excluding hydrogens is 430 g/mol. The van der Waals surface area contributed by atoms with Gasteiger partial charge in [-0.25, -0.2) is 9.97 Å². The smallest absolute Gasteiger partial charge is 0.388 e. The Morgan fingerprint density at radius 3 is 2.65 bits per heavy atom. The van der Waals surface area contributed by atoms with Crippen LogP contribution in [0.15, 0.2) is 47.4 Å². The van der Waals surface area contributed by atoms with Crippen molar-refractivity contribution in [2.24, 2.45) is 11.7 Å². The first-order chi connectivity index (χ1) is 14.8. The van der Waals surface area contributed by atoms with Crippen LogP contribution >= 0.6 is 11.6 Å². The molecule has 0 aliphatic rings. The largest absolute Gasteiger partial charge is 0.417 e. The fourth-order valence-corrected chi connectivity index (χ4v) is 3.24. The van der Waals surface area contributed by atoms with Crippen LogP contribution in [-0.4, -0.2) is 27.5 Å². The van der Waals surface area contributed by atoms with Gasteiger partial charge in [-0.05, 0) is 36.6 Å². The number of benzene rings is 1. The fourth-order valence-electron chi connectivity index (χ4n) is 3.04. The summed E-state index contributed by atoms with van der Waals surface area (Å²) >= 11 is 6.33. The summed E-state index contributed by atoms with van der Waals surface area (Å²) in [5, 5.41) is 0.356. The summed E-state index contributed by atoms with van der Waals surface area (Å²) in [5.74, 6) is -0.749. The van der Waals surface area contributed by atoms with E-state index in [1.807, 2.05) is 6.92 Å². The average Bonchev–Trinajstić information content (AvgIpc) is 2.72. The van der Waals surface area contributed by atoms with E-state index in [9.17, 15) is 18.4 Å². The van der Waals surface area contributed by atoms with Crippen molar-refractivity contribution < 1.29 is 18.3 Å². The highest BCUT2D eigenvalue weighted by molar-refractivity contribution is 6.33. The quantitative estimate of drug-likeness (QED) is 0.544. The van der Waals surface area contributed by atoms with E-state index >= 15 is 0 Å². The highest BCUT2D eigenvalue weighted by atomic mass is 35.5. The average molecular weight is 449 g/mol. The number of nitrogens with zero attached hydrogens (tertiary/aromatic N) is 2. The van der Waals surface area contributed by atoms with Crippen molar-refractivity contribution in [2.75, 3.05) is 0 Å². The van der Waals surface area contributed by atoms with Crippen LogP contribution in [0.2, 0.25) is 5.02 Å². The standard InChI is InChI=1S/C21H19ClF2N4O3/c1-2-12(19(25)30)7-11-3-5-15(22)14(8-11)20-27-16(9-17(29)28-20)13-4-6-18(26-10-13)31-21(23)24/h3-6,8-10,12,21H,2,7H2,1H3,(H2,25,30)(H,27,28,29). The van der Waals surface area contributed by atoms with Gasteiger partial charge in [0.25, 0.3) is 5.56 Å². The number of H-pyrrole nitrogens is 1. The van der Waals surface area contributed by atoms with Crippen LogP contribution in [-0.2, 0) is 11.2 Å². The van der Waals surface area contributed by atoms with Gasteiger partial charge in [0.1, 0.15) is 5.82 Å². The molecule has 0 saturated carbocycles. The summed E-state index contributed by atoms with van der Waals surface area (Å²) < 4.78 is 28.8. The van der Waals surface area contributed by atoms with Crippen molar-refractivity contribution in [3.8, 4) is 28.5 Å². The van der Waals surface area contributed by atoms with Crippen LogP contribution in [0.25, 0.3) is 22.6 Å². The zero-order chi connectivity index (χ0) is 22.5. The highest BCUT2D eigenvalue weighted by Crippen LogP contribution is 2.28. The predicted molar refractivity (Wildman–Crippen MR) is 112 cm³/mol. The number of aromatic amines is 1. The Kier molecular flexibility index (Phi) is 6.96. The molecule has 0 spiro atoms. The number of rotatable bonds is 8. The van der Waals surface area contributed by atoms with E-state index in [0.29, 0.717) is 29.0 Å². The molecule has 1 atom stereocenters. The van der Waals surface area contributed by atoms with Crippen molar-refractivity contribution in [3.63, 3.8) is 0 Å². The molecule has 3 rings (SSSR count). The third kappa shape index (κ3) is 5.64. The highest BCUT2D eigenvalue weighted by Gasteiger charge is 2.16. The number of ether oxygens (including phenoxy) is 1. The summed E-state index contributed by atoms with van der Waals surface area (Å²) in [6, 6.07) is 9.16. The Morgan fingerprint density at radius 2 is 2.03 bits per heavy atom. The molecule has 0 saturated heterocycles. The van der Waals surface area contributed by atoms with Gasteiger partial charge in [-0.2, -0.15) is 8.78 Å². The molecule has 31 heavy (non-hydrogen) atoms. The number of hydrogen-bond acceptors (Lipinski definition) is 5. The fraction of sp³-hybridized carbons (Fsp3) is 0.238. The lowest BCUT2D eigenvalue weighted by molar-refractivity contribution is -0.121. The molecule has 0 aliphatic heterocycles. The molecule has 0 bridgehead atoms. The molecule has 2 aromatic heterocycles. The van der Waals surface area contributed by atoms with Crippen LogP contribution < -0.4 is 16.0 Å². The predicted octanol–water partition coefficient (Wildman–Crippen LogP) is 3.81. The first-order valence-corrected chi connectivity index (χ1v) is 9.75. The molecule has 3 aromatic rings. The molecule has 3 N–H and O–H groups in total. The van der Waals surface area contributed by atoms with E-state index in [1.165, 1.54) is 24.4 Å². The van der Waals surface area contributed by atoms with Gasteiger partial charge < -0.3 is 15.5 Å². The lowest BCUT2D eigenvalue weighted by Gasteiger charge is -2.13. The Bertz CT molecular complexity index is 1140. The number of pyridine rings is 1. The monoisotopic (exact) mass is 448 g/mol. The minimum atomic E-state index is -2.99. The van der Waals surface area contributed by atoms with Gasteiger partial charge in [0.05, 0.1) is 10.7 Å². The van der Waals surface area contributed by atoms with Gasteiger partial charge in [-0.3, -0.25) is 9.59 Å². The topological polar surface area (TPSA) is 111 Å². The number of halogens is 3. The van der Waals surface area contributed by atoms with E-state index in [4.69, 9.17) is 17.3 Å². The maximum Gasteiger partial charge on any atom is 0.388 e. The summed E-state index contributed by atoms with van der Waals surface area (Å²) in [4.78, 5) is 34.7. The van der Waals surface area contributed by atoms with Crippen molar-refractivity contribution >= 4 is 17.5 Å². The lowest BCUT2D eigenvalue weighted by atomic mass is 9.95. The number of nitrogens with one attached hydrogen (secondary N) is 1. The molecule has 1 unspecified atom stereocenters. The van der Waals surface area contributed by atoms with Crippen molar-refractivity contribution in [2.45, 2.75) is 26.4 Å². The van der Waals surface area contributed by atoms with Gasteiger partial charge in [-0.15, -0.1) is 0 Å². The summed E-state index contributed by atoms with van der Waals surface area (Å²) in [7, 11) is 0. The third-order valence-corrected chi connectivity index (χ3v) is 4.98. The minimum Gasteiger partial charge on any atom is -0.417 e. The maximum atomic E-state index is 12.3. The van der Waals surface area contributed by atoms with Crippen LogP contribution in [0.4, 0.5) is 8.78 Å². The molecule has 2 heterocycles. The zero-order valence-electron chi connectivity index (χ0n) is 16.4. The molecule has 162 valence electrons. The van der Waals surface area contributed by atoms with Gasteiger partial charge in [-0.1, -0.05) is 24.6 Å². The second-order valence-electron chi connectivity index (χ2n) is 6.77. The number of primary amides is 1. The molecule has 0 fully saturated rings. The molecule has 0 aliphatic carbocycles. The summed E-state index contributed by atoms with van der Waals surface area (Å²) in [6.07, 6.45) is 2.30. The van der Waals surface area contributed by atoms with Crippen LogP contribution in [0, 0.1) is 5.92 Å². The Balaban J connectivity index is 1.97. The van der Waals surface area contributed by atoms with E-state index in [-0.39, 0.29) is 29.2 Å². The SMILES string of the molecule is CCC(Cc1ccc(Cl)c(-c2nc(-c3ccc(OC(F)F)nc3)cc(=O)[nH]2)c1)C(N)=O. The van der Waals surface area contributed by atoms with Crippen molar-refractivity contribution in [1.29, 1.82) is 0 Å². The number of nitrogens with two attached hydrogens (primary N) is 1. The van der Waals surface area contributed by atoms with E-state index in [2.05, 4.69) is 19.7 Å². The molecular formula is C21H19ClF2N4O3. The van der Waals surface area contributed by atoms with Gasteiger partial charge >= 0.3 is 6.61 Å². The van der Waals surface area contributed by atoms with Gasteiger partial charge in [0.2, 0.25) is 11.8 Å². The Hall–Kier alpha value is -3.33. The molecule has 7 nitrogen and oxygen atoms in total. The number of hydrogen-bond donors (Lipinski definition) is 2. The minimum absolute atomic E-state index is 0.217. The molecule has 0 radical (unpaired) electrons. The first kappa shape index (κ1) is 22.4. The number of aromatic nitrogens is 3. The summed E-state index contributed by atoms with van der Waals surface area (Å²) in [6.45, 7) is -1.11. The number of amides is 1. The van der Waals surface area contributed by atoms with E-state index in [0.717, 1.165) is 5.56 Å². The molecule has 1 amide bonds. The Labute approximate surface area is 181 Å². The number of carbonyl (C=O) groups is 1.